The smallest absolute Gasteiger partial charge is 0.261 e. The molecule has 2 aromatic rings. The Bertz CT molecular complexity index is 693. The number of carbonyl (C=O) groups is 1. The van der Waals surface area contributed by atoms with Crippen LogP contribution in [0.2, 0.25) is 0 Å². The lowest BCUT2D eigenvalue weighted by Gasteiger charge is -2.17. The summed E-state index contributed by atoms with van der Waals surface area (Å²) in [5, 5.41) is 2.87. The van der Waals surface area contributed by atoms with Crippen molar-refractivity contribution < 1.29 is 13.9 Å². The molecule has 0 aliphatic heterocycles. The van der Waals surface area contributed by atoms with Gasteiger partial charge in [0, 0.05) is 18.1 Å². The number of ether oxygens (including phenoxy) is 1. The summed E-state index contributed by atoms with van der Waals surface area (Å²) < 4.78 is 19.1. The molecule has 2 aromatic carbocycles. The summed E-state index contributed by atoms with van der Waals surface area (Å²) in [5.74, 6) is 1.19. The number of halogens is 1. The largest absolute Gasteiger partial charge is 0.478 e. The van der Waals surface area contributed by atoms with E-state index in [2.05, 4.69) is 24.4 Å². The Morgan fingerprint density at radius 2 is 1.92 bits per heavy atom. The van der Waals surface area contributed by atoms with Gasteiger partial charge in [0.2, 0.25) is 0 Å². The van der Waals surface area contributed by atoms with Crippen LogP contribution >= 0.6 is 11.8 Å². The Morgan fingerprint density at radius 3 is 2.64 bits per heavy atom. The van der Waals surface area contributed by atoms with Crippen LogP contribution < -0.4 is 10.1 Å². The number of thioether (sulfide) groups is 1. The second kappa shape index (κ2) is 10.1. The molecule has 0 aromatic heterocycles. The van der Waals surface area contributed by atoms with Crippen LogP contribution in [0, 0.1) is 12.7 Å². The molecule has 0 aliphatic rings. The van der Waals surface area contributed by atoms with Crippen LogP contribution in [-0.4, -0.2) is 24.3 Å². The van der Waals surface area contributed by atoms with E-state index in [1.807, 2.05) is 19.1 Å². The summed E-state index contributed by atoms with van der Waals surface area (Å²) >= 11 is 1.77. The lowest BCUT2D eigenvalue weighted by Crippen LogP contribution is -2.39. The Hall–Kier alpha value is -2.01. The first-order valence-corrected chi connectivity index (χ1v) is 9.58. The highest BCUT2D eigenvalue weighted by Crippen LogP contribution is 2.18. The maximum Gasteiger partial charge on any atom is 0.261 e. The quantitative estimate of drug-likeness (QED) is 0.675. The van der Waals surface area contributed by atoms with Gasteiger partial charge in [-0.15, -0.1) is 0 Å². The molecule has 25 heavy (non-hydrogen) atoms. The number of amides is 1. The predicted octanol–water partition coefficient (Wildman–Crippen LogP) is 4.34. The van der Waals surface area contributed by atoms with Crippen molar-refractivity contribution in [1.82, 2.24) is 5.32 Å². The zero-order chi connectivity index (χ0) is 18.1. The molecule has 0 aliphatic carbocycles. The van der Waals surface area contributed by atoms with Crippen LogP contribution in [0.5, 0.6) is 5.75 Å². The summed E-state index contributed by atoms with van der Waals surface area (Å²) in [7, 11) is 0. The van der Waals surface area contributed by atoms with Gasteiger partial charge in [0.15, 0.2) is 17.7 Å². The number of aryl methyl sites for hydroxylation is 1. The fourth-order valence-corrected chi connectivity index (χ4v) is 3.26. The van der Waals surface area contributed by atoms with E-state index in [1.165, 1.54) is 23.3 Å². The van der Waals surface area contributed by atoms with Crippen molar-refractivity contribution in [2.75, 3.05) is 12.3 Å². The van der Waals surface area contributed by atoms with Gasteiger partial charge in [0.25, 0.3) is 5.91 Å². The molecular weight excluding hydrogens is 337 g/mol. The van der Waals surface area contributed by atoms with Gasteiger partial charge in [0.05, 0.1) is 0 Å². The molecule has 1 N–H and O–H groups in total. The molecule has 0 fully saturated rings. The molecule has 3 nitrogen and oxygen atoms in total. The Morgan fingerprint density at radius 1 is 1.20 bits per heavy atom. The van der Waals surface area contributed by atoms with Crippen LogP contribution in [0.1, 0.15) is 24.5 Å². The molecule has 1 atom stereocenters. The summed E-state index contributed by atoms with van der Waals surface area (Å²) in [4.78, 5) is 12.2. The van der Waals surface area contributed by atoms with Crippen molar-refractivity contribution in [3.05, 3.63) is 65.5 Å². The van der Waals surface area contributed by atoms with Gasteiger partial charge in [0.1, 0.15) is 0 Å². The van der Waals surface area contributed by atoms with Gasteiger partial charge in [-0.1, -0.05) is 43.3 Å². The van der Waals surface area contributed by atoms with Gasteiger partial charge in [-0.2, -0.15) is 11.8 Å². The predicted molar refractivity (Wildman–Crippen MR) is 101 cm³/mol. The van der Waals surface area contributed by atoms with Gasteiger partial charge in [-0.3, -0.25) is 4.79 Å². The standard InChI is InChI=1S/C20H24FNO2S/c1-3-18(24-19-11-7-6-10-17(19)21)20(23)22-12-13-25-14-16-9-5-4-8-15(16)2/h4-11,18H,3,12-14H2,1-2H3,(H,22,23)/t18-/m0/s1. The van der Waals surface area contributed by atoms with Gasteiger partial charge >= 0.3 is 0 Å². The minimum absolute atomic E-state index is 0.110. The molecule has 0 unspecified atom stereocenters. The number of nitrogens with one attached hydrogen (secondary N) is 1. The lowest BCUT2D eigenvalue weighted by atomic mass is 10.1. The normalized spacial score (nSPS) is 11.8. The molecule has 0 radical (unpaired) electrons. The zero-order valence-corrected chi connectivity index (χ0v) is 15.4. The highest BCUT2D eigenvalue weighted by molar-refractivity contribution is 7.98. The van der Waals surface area contributed by atoms with E-state index in [4.69, 9.17) is 4.74 Å². The monoisotopic (exact) mass is 361 g/mol. The van der Waals surface area contributed by atoms with Crippen LogP contribution in [0.15, 0.2) is 48.5 Å². The summed E-state index contributed by atoms with van der Waals surface area (Å²) in [6.07, 6.45) is -0.200. The average molecular weight is 361 g/mol. The van der Waals surface area contributed by atoms with Crippen molar-refractivity contribution >= 4 is 17.7 Å². The summed E-state index contributed by atoms with van der Waals surface area (Å²) in [5.41, 5.74) is 2.59. The molecule has 0 bridgehead atoms. The first-order valence-electron chi connectivity index (χ1n) is 8.43. The Balaban J connectivity index is 1.73. The number of carbonyl (C=O) groups excluding carboxylic acids is 1. The number of hydrogen-bond acceptors (Lipinski definition) is 3. The summed E-state index contributed by atoms with van der Waals surface area (Å²) in [6.45, 7) is 4.51. The van der Waals surface area contributed by atoms with Gasteiger partial charge < -0.3 is 10.1 Å². The first kappa shape index (κ1) is 19.3. The second-order valence-electron chi connectivity index (χ2n) is 5.72. The van der Waals surface area contributed by atoms with E-state index in [1.54, 1.807) is 23.9 Å². The van der Waals surface area contributed by atoms with E-state index < -0.39 is 11.9 Å². The molecule has 5 heteroatoms. The van der Waals surface area contributed by atoms with Crippen LogP contribution in [0.25, 0.3) is 0 Å². The third-order valence-electron chi connectivity index (χ3n) is 3.83. The lowest BCUT2D eigenvalue weighted by molar-refractivity contribution is -0.128. The number of rotatable bonds is 9. The number of para-hydroxylation sites is 1. The minimum atomic E-state index is -0.682. The van der Waals surface area contributed by atoms with Crippen molar-refractivity contribution in [3.8, 4) is 5.75 Å². The van der Waals surface area contributed by atoms with Crippen LogP contribution in [0.3, 0.4) is 0 Å². The molecule has 0 saturated carbocycles. The van der Waals surface area contributed by atoms with E-state index in [9.17, 15) is 9.18 Å². The Labute approximate surface area is 153 Å². The third-order valence-corrected chi connectivity index (χ3v) is 4.84. The minimum Gasteiger partial charge on any atom is -0.478 e. The molecule has 134 valence electrons. The SMILES string of the molecule is CC[C@H](Oc1ccccc1F)C(=O)NCCSCc1ccccc1C. The van der Waals surface area contributed by atoms with Gasteiger partial charge in [-0.05, 0) is 36.6 Å². The molecule has 0 saturated heterocycles. The molecule has 2 rings (SSSR count). The van der Waals surface area contributed by atoms with Crippen molar-refractivity contribution in [1.29, 1.82) is 0 Å². The van der Waals surface area contributed by atoms with Crippen molar-refractivity contribution in [3.63, 3.8) is 0 Å². The molecule has 0 spiro atoms. The van der Waals surface area contributed by atoms with E-state index in [0.29, 0.717) is 13.0 Å². The van der Waals surface area contributed by atoms with E-state index in [-0.39, 0.29) is 11.7 Å². The van der Waals surface area contributed by atoms with Crippen LogP contribution in [0.4, 0.5) is 4.39 Å². The first-order chi connectivity index (χ1) is 12.1. The topological polar surface area (TPSA) is 38.3 Å². The zero-order valence-electron chi connectivity index (χ0n) is 14.6. The highest BCUT2D eigenvalue weighted by Gasteiger charge is 2.19. The molecular formula is C20H24FNO2S. The van der Waals surface area contributed by atoms with Crippen LogP contribution in [-0.2, 0) is 10.5 Å². The second-order valence-corrected chi connectivity index (χ2v) is 6.82. The van der Waals surface area contributed by atoms with Crippen molar-refractivity contribution in [2.24, 2.45) is 0 Å². The van der Waals surface area contributed by atoms with E-state index >= 15 is 0 Å². The third kappa shape index (κ3) is 6.09. The fraction of sp³-hybridized carbons (Fsp3) is 0.350. The van der Waals surface area contributed by atoms with E-state index in [0.717, 1.165) is 11.5 Å². The fourth-order valence-electron chi connectivity index (χ4n) is 2.33. The average Bonchev–Trinajstić information content (AvgIpc) is 2.62. The Kier molecular flexibility index (Phi) is 7.79. The summed E-state index contributed by atoms with van der Waals surface area (Å²) in [6, 6.07) is 14.4. The van der Waals surface area contributed by atoms with Gasteiger partial charge in [-0.25, -0.2) is 4.39 Å². The highest BCUT2D eigenvalue weighted by atomic mass is 32.2. The number of benzene rings is 2. The maximum atomic E-state index is 13.6. The molecule has 1 amide bonds. The number of hydrogen-bond donors (Lipinski definition) is 1. The molecule has 0 heterocycles. The maximum absolute atomic E-state index is 13.6. The van der Waals surface area contributed by atoms with Crippen molar-refractivity contribution in [2.45, 2.75) is 32.1 Å².